The first-order valence-corrected chi connectivity index (χ1v) is 12.2. The molecule has 1 N–H and O–H groups in total. The Hall–Kier alpha value is -3.53. The molecule has 2 aromatic carbocycles. The van der Waals surface area contributed by atoms with Gasteiger partial charge in [-0.15, -0.1) is 0 Å². The van der Waals surface area contributed by atoms with Gasteiger partial charge in [-0.1, -0.05) is 12.1 Å². The molecule has 0 radical (unpaired) electrons. The van der Waals surface area contributed by atoms with Gasteiger partial charge in [0.25, 0.3) is 0 Å². The summed E-state index contributed by atoms with van der Waals surface area (Å²) in [6.07, 6.45) is -2.73. The van der Waals surface area contributed by atoms with Crippen LogP contribution in [-0.4, -0.2) is 62.3 Å². The Morgan fingerprint density at radius 2 is 1.92 bits per heavy atom. The molecule has 0 bridgehead atoms. The lowest BCUT2D eigenvalue weighted by Gasteiger charge is -2.39. The van der Waals surface area contributed by atoms with Crippen LogP contribution in [-0.2, 0) is 22.3 Å². The summed E-state index contributed by atoms with van der Waals surface area (Å²) in [5, 5.41) is 4.15. The fraction of sp³-hybridized carbons (Fsp3) is 0.407. The van der Waals surface area contributed by atoms with E-state index in [-0.39, 0.29) is 23.9 Å². The van der Waals surface area contributed by atoms with Gasteiger partial charge < -0.3 is 24.6 Å². The third-order valence-corrected chi connectivity index (χ3v) is 7.18. The van der Waals surface area contributed by atoms with Crippen molar-refractivity contribution in [3.63, 3.8) is 0 Å². The number of aromatic nitrogens is 1. The third-order valence-electron chi connectivity index (χ3n) is 7.18. The van der Waals surface area contributed by atoms with E-state index < -0.39 is 11.7 Å². The molecular weight excluding hydrogens is 485 g/mol. The van der Waals surface area contributed by atoms with Crippen molar-refractivity contribution < 1.29 is 27.4 Å². The second kappa shape index (κ2) is 10.1. The van der Waals surface area contributed by atoms with Gasteiger partial charge in [0.2, 0.25) is 5.91 Å². The fourth-order valence-corrected chi connectivity index (χ4v) is 4.90. The molecule has 3 aromatic rings. The van der Waals surface area contributed by atoms with E-state index in [0.717, 1.165) is 22.8 Å². The van der Waals surface area contributed by atoms with Crippen LogP contribution in [0.15, 0.2) is 42.6 Å². The van der Waals surface area contributed by atoms with Gasteiger partial charge in [-0.3, -0.25) is 9.78 Å². The molecule has 2 saturated heterocycles. The molecule has 2 aliphatic rings. The summed E-state index contributed by atoms with van der Waals surface area (Å²) in [4.78, 5) is 21.1. The number of pyridine rings is 1. The Balaban J connectivity index is 1.38. The highest BCUT2D eigenvalue weighted by Crippen LogP contribution is 2.37. The van der Waals surface area contributed by atoms with Crippen molar-refractivity contribution in [1.82, 2.24) is 9.88 Å². The number of amides is 1. The third kappa shape index (κ3) is 5.02. The average molecular weight is 515 g/mol. The number of hydrogen-bond donors (Lipinski definition) is 1. The van der Waals surface area contributed by atoms with Gasteiger partial charge in [-0.2, -0.15) is 13.2 Å². The zero-order valence-corrected chi connectivity index (χ0v) is 20.8. The molecule has 0 spiro atoms. The number of carbonyl (C=O) groups excluding carboxylic acids is 1. The molecule has 1 amide bonds. The van der Waals surface area contributed by atoms with Crippen molar-refractivity contribution in [3.05, 3.63) is 59.3 Å². The monoisotopic (exact) mass is 514 g/mol. The van der Waals surface area contributed by atoms with Crippen molar-refractivity contribution in [2.24, 2.45) is 5.92 Å². The van der Waals surface area contributed by atoms with Gasteiger partial charge >= 0.3 is 6.18 Å². The summed E-state index contributed by atoms with van der Waals surface area (Å²) in [7, 11) is 1.61. The number of methoxy groups -OCH3 is 1. The molecule has 0 atom stereocenters. The number of hydrogen-bond acceptors (Lipinski definition) is 6. The van der Waals surface area contributed by atoms with E-state index in [1.807, 2.05) is 23.1 Å². The van der Waals surface area contributed by atoms with Crippen molar-refractivity contribution in [1.29, 1.82) is 0 Å². The van der Waals surface area contributed by atoms with Gasteiger partial charge in [0, 0.05) is 56.1 Å². The van der Waals surface area contributed by atoms with E-state index in [2.05, 4.69) is 15.2 Å². The first-order valence-electron chi connectivity index (χ1n) is 12.2. The number of piperazine rings is 1. The predicted molar refractivity (Wildman–Crippen MR) is 135 cm³/mol. The second-order valence-electron chi connectivity index (χ2n) is 9.39. The lowest BCUT2D eigenvalue weighted by Crippen LogP contribution is -2.53. The Labute approximate surface area is 213 Å². The van der Waals surface area contributed by atoms with Gasteiger partial charge in [-0.25, -0.2) is 0 Å². The van der Waals surface area contributed by atoms with E-state index in [9.17, 15) is 18.0 Å². The van der Waals surface area contributed by atoms with Gasteiger partial charge in [0.1, 0.15) is 5.75 Å². The van der Waals surface area contributed by atoms with Gasteiger partial charge in [-0.05, 0) is 36.2 Å². The largest absolute Gasteiger partial charge is 0.495 e. The number of anilines is 2. The summed E-state index contributed by atoms with van der Waals surface area (Å²) in [6, 6.07) is 9.93. The summed E-state index contributed by atoms with van der Waals surface area (Å²) >= 11 is 0. The maximum absolute atomic E-state index is 13.3. The molecular formula is C27H29F3N4O3. The number of ether oxygens (including phenoxy) is 2. The average Bonchev–Trinajstić information content (AvgIpc) is 2.85. The van der Waals surface area contributed by atoms with E-state index in [1.165, 1.54) is 13.0 Å². The summed E-state index contributed by atoms with van der Waals surface area (Å²) in [5.74, 6) is 0.803. The molecule has 10 heteroatoms. The smallest absolute Gasteiger partial charge is 0.416 e. The molecule has 7 nitrogen and oxygen atoms in total. The Morgan fingerprint density at radius 1 is 1.16 bits per heavy atom. The van der Waals surface area contributed by atoms with Crippen LogP contribution >= 0.6 is 0 Å². The number of fused-ring (bicyclic) bond motifs is 1. The molecule has 1 aromatic heterocycles. The van der Waals surface area contributed by atoms with Crippen LogP contribution < -0.4 is 15.0 Å². The second-order valence-corrected chi connectivity index (χ2v) is 9.39. The molecule has 3 heterocycles. The zero-order chi connectivity index (χ0) is 26.2. The van der Waals surface area contributed by atoms with Crippen LogP contribution in [0.2, 0.25) is 0 Å². The van der Waals surface area contributed by atoms with Crippen LogP contribution in [0.25, 0.3) is 10.9 Å². The Kier molecular flexibility index (Phi) is 6.85. The van der Waals surface area contributed by atoms with Crippen LogP contribution in [0.1, 0.15) is 16.7 Å². The van der Waals surface area contributed by atoms with Crippen LogP contribution in [0, 0.1) is 12.8 Å². The normalized spacial score (nSPS) is 16.6. The van der Waals surface area contributed by atoms with Gasteiger partial charge in [0.15, 0.2) is 0 Å². The SMILES string of the molecule is COc1cc2nccc(NCc3cccc(C(F)(F)F)c3C)c2cc1N1CCN(C(=O)C2COC2)CC1. The Bertz CT molecular complexity index is 1300. The summed E-state index contributed by atoms with van der Waals surface area (Å²) < 4.78 is 50.9. The number of alkyl halides is 3. The maximum atomic E-state index is 13.3. The van der Waals surface area contributed by atoms with Crippen molar-refractivity contribution in [3.8, 4) is 5.75 Å². The van der Waals surface area contributed by atoms with E-state index >= 15 is 0 Å². The first kappa shape index (κ1) is 25.1. The molecule has 37 heavy (non-hydrogen) atoms. The number of benzene rings is 2. The first-order chi connectivity index (χ1) is 17.8. The molecule has 196 valence electrons. The zero-order valence-electron chi connectivity index (χ0n) is 20.8. The number of nitrogens with one attached hydrogen (secondary N) is 1. The molecule has 2 fully saturated rings. The van der Waals surface area contributed by atoms with Crippen LogP contribution in [0.3, 0.4) is 0 Å². The highest BCUT2D eigenvalue weighted by atomic mass is 19.4. The van der Waals surface area contributed by atoms with Crippen LogP contribution in [0.5, 0.6) is 5.75 Å². The predicted octanol–water partition coefficient (Wildman–Crippen LogP) is 4.48. The summed E-state index contributed by atoms with van der Waals surface area (Å²) in [5.41, 5.74) is 2.53. The summed E-state index contributed by atoms with van der Waals surface area (Å²) in [6.45, 7) is 5.28. The Morgan fingerprint density at radius 3 is 2.57 bits per heavy atom. The minimum Gasteiger partial charge on any atom is -0.495 e. The van der Waals surface area contributed by atoms with E-state index in [0.29, 0.717) is 56.2 Å². The molecule has 2 aliphatic heterocycles. The lowest BCUT2D eigenvalue weighted by molar-refractivity contribution is -0.150. The number of nitrogens with zero attached hydrogens (tertiary/aromatic N) is 3. The maximum Gasteiger partial charge on any atom is 0.416 e. The van der Waals surface area contributed by atoms with Crippen molar-refractivity contribution in [2.45, 2.75) is 19.6 Å². The van der Waals surface area contributed by atoms with E-state index in [4.69, 9.17) is 9.47 Å². The molecule has 0 aliphatic carbocycles. The highest BCUT2D eigenvalue weighted by molar-refractivity contribution is 5.95. The highest BCUT2D eigenvalue weighted by Gasteiger charge is 2.33. The fourth-order valence-electron chi connectivity index (χ4n) is 4.90. The number of carbonyl (C=O) groups is 1. The lowest BCUT2D eigenvalue weighted by atomic mass is 10.0. The van der Waals surface area contributed by atoms with E-state index in [1.54, 1.807) is 19.4 Å². The van der Waals surface area contributed by atoms with Crippen LogP contribution in [0.4, 0.5) is 24.5 Å². The molecule has 5 rings (SSSR count). The number of rotatable bonds is 6. The standard InChI is InChI=1S/C27H29F3N4O3/c1-17-18(4-3-5-21(17)27(28,29)30)14-32-22-6-7-31-23-13-25(36-2)24(12-20(22)23)33-8-10-34(11-9-33)26(35)19-15-37-16-19/h3-7,12-13,19H,8-11,14-16H2,1-2H3,(H,31,32). The minimum absolute atomic E-state index is 0.0260. The van der Waals surface area contributed by atoms with Gasteiger partial charge in [0.05, 0.1) is 43.0 Å². The van der Waals surface area contributed by atoms with Crippen molar-refractivity contribution >= 4 is 28.2 Å². The van der Waals surface area contributed by atoms with Crippen molar-refractivity contribution in [2.75, 3.05) is 56.7 Å². The molecule has 0 saturated carbocycles. The number of halogens is 3. The quantitative estimate of drug-likeness (QED) is 0.524. The topological polar surface area (TPSA) is 66.9 Å². The molecule has 0 unspecified atom stereocenters. The minimum atomic E-state index is -4.39.